The second-order valence-electron chi connectivity index (χ2n) is 9.98. The normalized spacial score (nSPS) is 15.7. The van der Waals surface area contributed by atoms with Gasteiger partial charge in [-0.2, -0.15) is 0 Å². The summed E-state index contributed by atoms with van der Waals surface area (Å²) in [6.45, 7) is 6.64. The van der Waals surface area contributed by atoms with Gasteiger partial charge in [-0.25, -0.2) is 0 Å². The lowest BCUT2D eigenvalue weighted by atomic mass is 9.82. The molecule has 0 saturated heterocycles. The molecule has 176 valence electrons. The van der Waals surface area contributed by atoms with Gasteiger partial charge in [-0.1, -0.05) is 67.8 Å². The fourth-order valence-electron chi connectivity index (χ4n) is 6.23. The second-order valence-corrected chi connectivity index (χ2v) is 10.8. The van der Waals surface area contributed by atoms with Crippen LogP contribution in [0.5, 0.6) is 0 Å². The number of carbonyl (C=O) groups is 2. The highest BCUT2D eigenvalue weighted by Crippen LogP contribution is 2.46. The summed E-state index contributed by atoms with van der Waals surface area (Å²) in [5, 5.41) is 8.21. The summed E-state index contributed by atoms with van der Waals surface area (Å²) in [5.41, 5.74) is 3.25. The van der Waals surface area contributed by atoms with Crippen LogP contribution in [-0.2, 0) is 0 Å². The first-order chi connectivity index (χ1) is 17.3. The molecule has 6 heteroatoms. The van der Waals surface area contributed by atoms with Crippen LogP contribution in [0, 0.1) is 0 Å². The number of hydrogen-bond acceptors (Lipinski definition) is 4. The molecule has 0 saturated carbocycles. The van der Waals surface area contributed by atoms with E-state index in [-0.39, 0.29) is 17.9 Å². The number of amides is 2. The Bertz CT molecular complexity index is 1750. The van der Waals surface area contributed by atoms with E-state index in [0.717, 1.165) is 60.6 Å². The maximum Gasteiger partial charge on any atom is 0.259 e. The molecule has 2 aliphatic rings. The molecule has 5 aromatic rings. The highest BCUT2D eigenvalue weighted by atomic mass is 32.1. The minimum atomic E-state index is -0.0470. The fraction of sp³-hybridized carbons (Fsp3) is 0.200. The van der Waals surface area contributed by atoms with E-state index in [1.165, 1.54) is 0 Å². The van der Waals surface area contributed by atoms with E-state index in [9.17, 15) is 9.59 Å². The second kappa shape index (κ2) is 7.28. The van der Waals surface area contributed by atoms with Gasteiger partial charge in [0.1, 0.15) is 9.98 Å². The van der Waals surface area contributed by atoms with Crippen LogP contribution in [0.4, 0.5) is 0 Å². The predicted molar refractivity (Wildman–Crippen MR) is 154 cm³/mol. The van der Waals surface area contributed by atoms with E-state index < -0.39 is 0 Å². The number of fused-ring (bicyclic) bond motifs is 2. The molecule has 36 heavy (non-hydrogen) atoms. The first-order valence-electron chi connectivity index (χ1n) is 12.3. The Labute approximate surface area is 218 Å². The lowest BCUT2D eigenvalue weighted by molar-refractivity contribution is 0.0819. The van der Waals surface area contributed by atoms with E-state index in [1.807, 2.05) is 32.0 Å². The van der Waals surface area contributed by atoms with E-state index in [4.69, 9.17) is 24.4 Å². The zero-order chi connectivity index (χ0) is 25.0. The van der Waals surface area contributed by atoms with Crippen LogP contribution in [0.25, 0.3) is 43.1 Å². The van der Waals surface area contributed by atoms with Crippen molar-refractivity contribution in [1.29, 1.82) is 0 Å². The first kappa shape index (κ1) is 21.8. The average molecular weight is 507 g/mol. The van der Waals surface area contributed by atoms with Crippen molar-refractivity contribution in [2.45, 2.75) is 33.2 Å². The smallest absolute Gasteiger partial charge is 0.259 e. The molecule has 0 spiro atoms. The molecule has 0 aromatic heterocycles. The molecule has 0 bridgehead atoms. The Balaban J connectivity index is 1.64. The van der Waals surface area contributed by atoms with Crippen molar-refractivity contribution in [2.75, 3.05) is 6.54 Å². The van der Waals surface area contributed by atoms with E-state index in [2.05, 4.69) is 37.3 Å². The standard InChI is InChI=1S/C30H22N2O2S2/c1-4-13-31-27(33)19-9-5-15-18-8-12-22-26-20(28(34)32(14(2)3)30(22)36)10-6-16(24(18)26)17-7-11-21(29(31)35)25(19)23(15)17/h5-12,14H,4,13H2,1-3H3. The Morgan fingerprint density at radius 1 is 0.639 bits per heavy atom. The lowest BCUT2D eigenvalue weighted by Crippen LogP contribution is -2.44. The molecule has 0 aliphatic carbocycles. The SMILES string of the molecule is CCCN1C(=O)c2ccc3c4ccc5c6c(ccc(c7ccc(c2c73)C1=S)c64)C(=O)N(C(C)C)C5=S. The van der Waals surface area contributed by atoms with Crippen LogP contribution >= 0.6 is 24.4 Å². The summed E-state index contributed by atoms with van der Waals surface area (Å²) in [6.07, 6.45) is 0.843. The van der Waals surface area contributed by atoms with Gasteiger partial charge in [-0.05, 0) is 64.7 Å². The van der Waals surface area contributed by atoms with Crippen molar-refractivity contribution in [1.82, 2.24) is 9.80 Å². The summed E-state index contributed by atoms with van der Waals surface area (Å²) in [6, 6.07) is 16.3. The number of rotatable bonds is 3. The quantitative estimate of drug-likeness (QED) is 0.153. The molecule has 0 unspecified atom stereocenters. The third-order valence-electron chi connectivity index (χ3n) is 7.71. The maximum atomic E-state index is 13.5. The molecule has 7 rings (SSSR count). The van der Waals surface area contributed by atoms with Gasteiger partial charge < -0.3 is 0 Å². The predicted octanol–water partition coefficient (Wildman–Crippen LogP) is 6.82. The van der Waals surface area contributed by atoms with E-state index in [1.54, 1.807) is 9.80 Å². The number of thiocarbonyl (C=S) groups is 2. The Morgan fingerprint density at radius 2 is 1.08 bits per heavy atom. The van der Waals surface area contributed by atoms with Crippen molar-refractivity contribution in [3.05, 3.63) is 70.8 Å². The Kier molecular flexibility index (Phi) is 4.40. The van der Waals surface area contributed by atoms with Gasteiger partial charge in [0.05, 0.1) is 0 Å². The monoisotopic (exact) mass is 506 g/mol. The average Bonchev–Trinajstić information content (AvgIpc) is 2.87. The van der Waals surface area contributed by atoms with Crippen LogP contribution in [0.2, 0.25) is 0 Å². The molecular formula is C30H22N2O2S2. The third kappa shape index (κ3) is 2.48. The molecule has 0 fully saturated rings. The van der Waals surface area contributed by atoms with Crippen LogP contribution < -0.4 is 0 Å². The number of benzene rings is 5. The van der Waals surface area contributed by atoms with Gasteiger partial charge in [0, 0.05) is 45.6 Å². The molecule has 0 atom stereocenters. The van der Waals surface area contributed by atoms with Gasteiger partial charge in [0.25, 0.3) is 11.8 Å². The van der Waals surface area contributed by atoms with Crippen LogP contribution in [0.3, 0.4) is 0 Å². The largest absolute Gasteiger partial charge is 0.299 e. The van der Waals surface area contributed by atoms with Gasteiger partial charge in [-0.15, -0.1) is 0 Å². The molecule has 0 N–H and O–H groups in total. The molecule has 2 heterocycles. The van der Waals surface area contributed by atoms with Crippen molar-refractivity contribution >= 4 is 89.3 Å². The van der Waals surface area contributed by atoms with Gasteiger partial charge >= 0.3 is 0 Å². The summed E-state index contributed by atoms with van der Waals surface area (Å²) < 4.78 is 0. The minimum Gasteiger partial charge on any atom is -0.299 e. The Morgan fingerprint density at radius 3 is 1.56 bits per heavy atom. The topological polar surface area (TPSA) is 40.6 Å². The highest BCUT2D eigenvalue weighted by Gasteiger charge is 2.35. The minimum absolute atomic E-state index is 0.0223. The van der Waals surface area contributed by atoms with Crippen molar-refractivity contribution in [2.24, 2.45) is 0 Å². The van der Waals surface area contributed by atoms with Gasteiger partial charge in [0.15, 0.2) is 0 Å². The summed E-state index contributed by atoms with van der Waals surface area (Å²) in [4.78, 5) is 31.6. The molecule has 5 aromatic carbocycles. The molecule has 2 aliphatic heterocycles. The highest BCUT2D eigenvalue weighted by molar-refractivity contribution is 7.81. The van der Waals surface area contributed by atoms with E-state index in [0.29, 0.717) is 27.6 Å². The summed E-state index contributed by atoms with van der Waals surface area (Å²) in [7, 11) is 0. The number of hydrogen-bond donors (Lipinski definition) is 0. The van der Waals surface area contributed by atoms with Gasteiger partial charge in [-0.3, -0.25) is 19.4 Å². The Hall–Kier alpha value is -3.48. The zero-order valence-corrected chi connectivity index (χ0v) is 21.8. The molecular weight excluding hydrogens is 484 g/mol. The number of carbonyl (C=O) groups excluding carboxylic acids is 2. The first-order valence-corrected chi connectivity index (χ1v) is 13.1. The summed E-state index contributed by atoms with van der Waals surface area (Å²) >= 11 is 11.6. The maximum absolute atomic E-state index is 13.5. The van der Waals surface area contributed by atoms with Gasteiger partial charge in [0.2, 0.25) is 0 Å². The van der Waals surface area contributed by atoms with Crippen molar-refractivity contribution in [3.63, 3.8) is 0 Å². The van der Waals surface area contributed by atoms with Crippen molar-refractivity contribution in [3.8, 4) is 0 Å². The van der Waals surface area contributed by atoms with Crippen LogP contribution in [-0.4, -0.2) is 44.2 Å². The molecule has 4 nitrogen and oxygen atoms in total. The van der Waals surface area contributed by atoms with Crippen molar-refractivity contribution < 1.29 is 9.59 Å². The molecule has 0 radical (unpaired) electrons. The third-order valence-corrected chi connectivity index (χ3v) is 8.57. The van der Waals surface area contributed by atoms with Crippen LogP contribution in [0.1, 0.15) is 59.0 Å². The zero-order valence-electron chi connectivity index (χ0n) is 20.1. The van der Waals surface area contributed by atoms with E-state index >= 15 is 0 Å². The molecule has 2 amide bonds. The van der Waals surface area contributed by atoms with Crippen LogP contribution in [0.15, 0.2) is 48.5 Å². The number of nitrogens with zero attached hydrogens (tertiary/aromatic N) is 2. The fourth-order valence-corrected chi connectivity index (χ4v) is 7.04. The summed E-state index contributed by atoms with van der Waals surface area (Å²) in [5.74, 6) is -0.0759. The lowest BCUT2D eigenvalue weighted by Gasteiger charge is -2.33.